The molecule has 6 heteroatoms. The quantitative estimate of drug-likeness (QED) is 0.600. The molecule has 19 heavy (non-hydrogen) atoms. The molecule has 0 atom stereocenters. The van der Waals surface area contributed by atoms with Gasteiger partial charge in [0.15, 0.2) is 6.29 Å². The van der Waals surface area contributed by atoms with Crippen LogP contribution >= 0.6 is 0 Å². The van der Waals surface area contributed by atoms with Crippen molar-refractivity contribution in [3.63, 3.8) is 0 Å². The van der Waals surface area contributed by atoms with Crippen LogP contribution in [0.5, 0.6) is 0 Å². The zero-order valence-electron chi connectivity index (χ0n) is 12.1. The highest BCUT2D eigenvalue weighted by molar-refractivity contribution is 5.78. The molecule has 0 spiro atoms. The molecule has 0 aliphatic carbocycles. The van der Waals surface area contributed by atoms with Gasteiger partial charge in [0.1, 0.15) is 0 Å². The number of amides is 1. The molecule has 0 saturated carbocycles. The van der Waals surface area contributed by atoms with Gasteiger partial charge in [-0.05, 0) is 33.4 Å². The largest absolute Gasteiger partial charge is 0.351 e. The molecule has 0 aromatic heterocycles. The van der Waals surface area contributed by atoms with Crippen molar-refractivity contribution in [1.29, 1.82) is 0 Å². The Bertz CT molecular complexity index is 237. The lowest BCUT2D eigenvalue weighted by Gasteiger charge is -2.21. The second kappa shape index (κ2) is 10.1. The number of rotatable bonds is 8. The van der Waals surface area contributed by atoms with Crippen LogP contribution in [0.1, 0.15) is 20.3 Å². The summed E-state index contributed by atoms with van der Waals surface area (Å²) in [6.07, 6.45) is 0.748. The van der Waals surface area contributed by atoms with Gasteiger partial charge >= 0.3 is 0 Å². The van der Waals surface area contributed by atoms with Crippen LogP contribution in [0.15, 0.2) is 0 Å². The summed E-state index contributed by atoms with van der Waals surface area (Å²) in [7, 11) is 0. The summed E-state index contributed by atoms with van der Waals surface area (Å²) in [5, 5.41) is 6.19. The molecule has 0 aromatic rings. The first-order valence-electron chi connectivity index (χ1n) is 7.19. The van der Waals surface area contributed by atoms with Gasteiger partial charge in [-0.2, -0.15) is 0 Å². The van der Waals surface area contributed by atoms with Crippen molar-refractivity contribution < 1.29 is 14.3 Å². The van der Waals surface area contributed by atoms with Gasteiger partial charge in [0.25, 0.3) is 0 Å². The van der Waals surface area contributed by atoms with Gasteiger partial charge in [0.05, 0.1) is 13.1 Å². The molecule has 1 rings (SSSR count). The Kier molecular flexibility index (Phi) is 8.73. The number of nitrogens with zero attached hydrogens (tertiary/aromatic N) is 1. The minimum atomic E-state index is -0.343. The second-order valence-electron chi connectivity index (χ2n) is 4.52. The lowest BCUT2D eigenvalue weighted by molar-refractivity contribution is -0.140. The number of ether oxygens (including phenoxy) is 2. The standard InChI is InChI=1S/C13H27N3O3/c1-3-18-13(19-4-2)10-15-12(17)11-16-8-5-6-14-7-9-16/h13-14H,3-11H2,1-2H3,(H,15,17). The van der Waals surface area contributed by atoms with Crippen molar-refractivity contribution in [2.75, 3.05) is 52.5 Å². The normalized spacial score (nSPS) is 17.4. The van der Waals surface area contributed by atoms with Crippen LogP contribution in [-0.2, 0) is 14.3 Å². The highest BCUT2D eigenvalue weighted by Gasteiger charge is 2.14. The van der Waals surface area contributed by atoms with Gasteiger partial charge in [-0.3, -0.25) is 9.69 Å². The summed E-state index contributed by atoms with van der Waals surface area (Å²) in [4.78, 5) is 14.0. The van der Waals surface area contributed by atoms with E-state index < -0.39 is 0 Å². The molecule has 0 radical (unpaired) electrons. The molecule has 112 valence electrons. The van der Waals surface area contributed by atoms with E-state index in [-0.39, 0.29) is 12.2 Å². The number of nitrogens with one attached hydrogen (secondary N) is 2. The van der Waals surface area contributed by atoms with Crippen LogP contribution in [-0.4, -0.2) is 69.6 Å². The molecule has 0 bridgehead atoms. The topological polar surface area (TPSA) is 62.8 Å². The first-order valence-corrected chi connectivity index (χ1v) is 7.19. The molecule has 1 aliphatic heterocycles. The maximum absolute atomic E-state index is 11.9. The van der Waals surface area contributed by atoms with E-state index in [2.05, 4.69) is 15.5 Å². The van der Waals surface area contributed by atoms with Crippen molar-refractivity contribution in [1.82, 2.24) is 15.5 Å². The van der Waals surface area contributed by atoms with Crippen LogP contribution in [0.4, 0.5) is 0 Å². The van der Waals surface area contributed by atoms with E-state index in [1.165, 1.54) is 0 Å². The van der Waals surface area contributed by atoms with Crippen LogP contribution < -0.4 is 10.6 Å². The zero-order chi connectivity index (χ0) is 13.9. The number of hydrogen-bond acceptors (Lipinski definition) is 5. The number of hydrogen-bond donors (Lipinski definition) is 2. The van der Waals surface area contributed by atoms with Crippen molar-refractivity contribution in [3.8, 4) is 0 Å². The monoisotopic (exact) mass is 273 g/mol. The third kappa shape index (κ3) is 7.47. The van der Waals surface area contributed by atoms with Gasteiger partial charge in [-0.1, -0.05) is 0 Å². The summed E-state index contributed by atoms with van der Waals surface area (Å²) in [5.74, 6) is 0.0336. The van der Waals surface area contributed by atoms with Crippen molar-refractivity contribution in [2.24, 2.45) is 0 Å². The van der Waals surface area contributed by atoms with Gasteiger partial charge in [0, 0.05) is 26.3 Å². The minimum Gasteiger partial charge on any atom is -0.351 e. The van der Waals surface area contributed by atoms with E-state index in [0.29, 0.717) is 26.3 Å². The Balaban J connectivity index is 2.21. The maximum Gasteiger partial charge on any atom is 0.234 e. The second-order valence-corrected chi connectivity index (χ2v) is 4.52. The van der Waals surface area contributed by atoms with Crippen LogP contribution in [0.2, 0.25) is 0 Å². The van der Waals surface area contributed by atoms with E-state index in [0.717, 1.165) is 32.6 Å². The summed E-state index contributed by atoms with van der Waals surface area (Å²) >= 11 is 0. The van der Waals surface area contributed by atoms with Gasteiger partial charge in [0.2, 0.25) is 5.91 Å². The molecule has 2 N–H and O–H groups in total. The van der Waals surface area contributed by atoms with E-state index >= 15 is 0 Å². The average Bonchev–Trinajstić information content (AvgIpc) is 2.65. The van der Waals surface area contributed by atoms with Gasteiger partial charge < -0.3 is 20.1 Å². The Morgan fingerprint density at radius 1 is 1.26 bits per heavy atom. The third-order valence-corrected chi connectivity index (χ3v) is 2.97. The molecule has 0 aromatic carbocycles. The fourth-order valence-corrected chi connectivity index (χ4v) is 2.05. The molecule has 1 fully saturated rings. The van der Waals surface area contributed by atoms with Crippen LogP contribution in [0.3, 0.4) is 0 Å². The molecule has 1 saturated heterocycles. The molecular formula is C13H27N3O3. The van der Waals surface area contributed by atoms with Crippen LogP contribution in [0.25, 0.3) is 0 Å². The molecule has 1 amide bonds. The summed E-state index contributed by atoms with van der Waals surface area (Å²) in [6, 6.07) is 0. The lowest BCUT2D eigenvalue weighted by Crippen LogP contribution is -2.42. The molecule has 0 unspecified atom stereocenters. The minimum absolute atomic E-state index is 0.0336. The first kappa shape index (κ1) is 16.4. The fourth-order valence-electron chi connectivity index (χ4n) is 2.05. The van der Waals surface area contributed by atoms with E-state index in [1.54, 1.807) is 0 Å². The average molecular weight is 273 g/mol. The Morgan fingerprint density at radius 2 is 2.00 bits per heavy atom. The highest BCUT2D eigenvalue weighted by atomic mass is 16.7. The van der Waals surface area contributed by atoms with Crippen molar-refractivity contribution in [2.45, 2.75) is 26.6 Å². The number of carbonyl (C=O) groups is 1. The maximum atomic E-state index is 11.9. The lowest BCUT2D eigenvalue weighted by atomic mass is 10.4. The Hall–Kier alpha value is -0.690. The van der Waals surface area contributed by atoms with Gasteiger partial charge in [-0.25, -0.2) is 0 Å². The van der Waals surface area contributed by atoms with Crippen molar-refractivity contribution in [3.05, 3.63) is 0 Å². The Morgan fingerprint density at radius 3 is 2.68 bits per heavy atom. The SMILES string of the molecule is CCOC(CNC(=O)CN1CCCNCC1)OCC. The van der Waals surface area contributed by atoms with Crippen molar-refractivity contribution >= 4 is 5.91 Å². The summed E-state index contributed by atoms with van der Waals surface area (Å²) in [5.41, 5.74) is 0. The third-order valence-electron chi connectivity index (χ3n) is 2.97. The van der Waals surface area contributed by atoms with Crippen LogP contribution in [0, 0.1) is 0 Å². The fraction of sp³-hybridized carbons (Fsp3) is 0.923. The number of carbonyl (C=O) groups excluding carboxylic acids is 1. The smallest absolute Gasteiger partial charge is 0.234 e. The van der Waals surface area contributed by atoms with E-state index in [9.17, 15) is 4.79 Å². The molecule has 6 nitrogen and oxygen atoms in total. The summed E-state index contributed by atoms with van der Waals surface area (Å²) in [6.45, 7) is 9.74. The molecule has 1 aliphatic rings. The molecule has 1 heterocycles. The summed E-state index contributed by atoms with van der Waals surface area (Å²) < 4.78 is 10.8. The predicted molar refractivity (Wildman–Crippen MR) is 74.0 cm³/mol. The predicted octanol–water partition coefficient (Wildman–Crippen LogP) is -0.203. The Labute approximate surface area is 115 Å². The van der Waals surface area contributed by atoms with E-state index in [4.69, 9.17) is 9.47 Å². The first-order chi connectivity index (χ1) is 9.26. The van der Waals surface area contributed by atoms with E-state index in [1.807, 2.05) is 13.8 Å². The molecular weight excluding hydrogens is 246 g/mol. The highest BCUT2D eigenvalue weighted by Crippen LogP contribution is 1.96. The zero-order valence-corrected chi connectivity index (χ0v) is 12.1. The van der Waals surface area contributed by atoms with Gasteiger partial charge in [-0.15, -0.1) is 0 Å².